The van der Waals surface area contributed by atoms with E-state index in [0.717, 1.165) is 33.9 Å². The first-order valence-electron chi connectivity index (χ1n) is 10.8. The van der Waals surface area contributed by atoms with Crippen LogP contribution in [0.1, 0.15) is 11.3 Å². The first-order valence-corrected chi connectivity index (χ1v) is 11.6. The van der Waals surface area contributed by atoms with Crippen LogP contribution in [0.4, 0.5) is 11.5 Å². The lowest BCUT2D eigenvalue weighted by Gasteiger charge is -2.19. The number of hydrogen-bond donors (Lipinski definition) is 3. The standard InChI is InChI=1S/C24H21N5O5S/c1-13-16(14-5-6-19-20(9-14)34-8-7-33-19)3-2-4-17(13)28-22-21-23(35-29-22)26-11-15(27-21)10-25-18(12-30)24(31)32/h2-6,9-11,18,30H,7-8,12H2,1H3,(H,28,29)(H,31,32)/t18-/m1/s1. The average molecular weight is 492 g/mol. The predicted octanol–water partition coefficient (Wildman–Crippen LogP) is 3.44. The molecule has 0 saturated carbocycles. The molecule has 4 aromatic rings. The third kappa shape index (κ3) is 4.63. The molecule has 10 nitrogen and oxygen atoms in total. The molecule has 0 saturated heterocycles. The van der Waals surface area contributed by atoms with Crippen LogP contribution in [0.3, 0.4) is 0 Å². The summed E-state index contributed by atoms with van der Waals surface area (Å²) in [5, 5.41) is 21.5. The first kappa shape index (κ1) is 22.7. The highest BCUT2D eigenvalue weighted by Gasteiger charge is 2.17. The van der Waals surface area contributed by atoms with Gasteiger partial charge in [0.1, 0.15) is 24.4 Å². The van der Waals surface area contributed by atoms with Crippen LogP contribution < -0.4 is 14.8 Å². The van der Waals surface area contributed by atoms with E-state index in [2.05, 4.69) is 24.7 Å². The number of nitrogens with one attached hydrogen (secondary N) is 1. The van der Waals surface area contributed by atoms with Crippen molar-refractivity contribution in [2.45, 2.75) is 13.0 Å². The summed E-state index contributed by atoms with van der Waals surface area (Å²) in [6.45, 7) is 2.49. The van der Waals surface area contributed by atoms with Crippen LogP contribution in [-0.2, 0) is 4.79 Å². The van der Waals surface area contributed by atoms with E-state index >= 15 is 0 Å². The molecule has 1 aliphatic rings. The van der Waals surface area contributed by atoms with Gasteiger partial charge in [0.15, 0.2) is 28.2 Å². The number of benzene rings is 2. The highest BCUT2D eigenvalue weighted by Crippen LogP contribution is 2.37. The summed E-state index contributed by atoms with van der Waals surface area (Å²) in [4.78, 5) is 24.4. The Bertz CT molecular complexity index is 1440. The van der Waals surface area contributed by atoms with Gasteiger partial charge in [0, 0.05) is 11.9 Å². The van der Waals surface area contributed by atoms with Crippen molar-refractivity contribution in [1.29, 1.82) is 0 Å². The van der Waals surface area contributed by atoms with E-state index in [9.17, 15) is 4.79 Å². The first-order chi connectivity index (χ1) is 17.0. The number of ether oxygens (including phenoxy) is 2. The summed E-state index contributed by atoms with van der Waals surface area (Å²) >= 11 is 1.20. The zero-order chi connectivity index (χ0) is 24.4. The summed E-state index contributed by atoms with van der Waals surface area (Å²) in [5.74, 6) is 0.790. The largest absolute Gasteiger partial charge is 0.486 e. The Balaban J connectivity index is 1.44. The zero-order valence-corrected chi connectivity index (χ0v) is 19.5. The number of aliphatic imine (C=N–C) groups is 1. The number of aliphatic carboxylic acids is 1. The molecule has 0 unspecified atom stereocenters. The summed E-state index contributed by atoms with van der Waals surface area (Å²) in [6.07, 6.45) is 2.77. The maximum Gasteiger partial charge on any atom is 0.330 e. The van der Waals surface area contributed by atoms with Gasteiger partial charge in [-0.2, -0.15) is 4.37 Å². The monoisotopic (exact) mass is 491 g/mol. The molecule has 35 heavy (non-hydrogen) atoms. The molecule has 178 valence electrons. The van der Waals surface area contributed by atoms with Crippen molar-refractivity contribution in [3.8, 4) is 22.6 Å². The fourth-order valence-electron chi connectivity index (χ4n) is 3.67. The number of rotatable bonds is 7. The van der Waals surface area contributed by atoms with E-state index in [1.165, 1.54) is 23.9 Å². The van der Waals surface area contributed by atoms with Gasteiger partial charge < -0.3 is 25.0 Å². The predicted molar refractivity (Wildman–Crippen MR) is 132 cm³/mol. The molecule has 0 bridgehead atoms. The van der Waals surface area contributed by atoms with Crippen LogP contribution in [0.15, 0.2) is 47.6 Å². The van der Waals surface area contributed by atoms with E-state index in [1.807, 2.05) is 43.3 Å². The van der Waals surface area contributed by atoms with E-state index in [0.29, 0.717) is 35.1 Å². The van der Waals surface area contributed by atoms with Crippen molar-refractivity contribution < 1.29 is 24.5 Å². The van der Waals surface area contributed by atoms with E-state index < -0.39 is 18.6 Å². The highest BCUT2D eigenvalue weighted by atomic mass is 32.1. The smallest absolute Gasteiger partial charge is 0.330 e. The number of carbonyl (C=O) groups is 1. The van der Waals surface area contributed by atoms with Gasteiger partial charge in [0.05, 0.1) is 12.8 Å². The minimum Gasteiger partial charge on any atom is -0.486 e. The van der Waals surface area contributed by atoms with Crippen molar-refractivity contribution in [3.63, 3.8) is 0 Å². The van der Waals surface area contributed by atoms with Crippen molar-refractivity contribution in [3.05, 3.63) is 53.9 Å². The minimum atomic E-state index is -1.25. The lowest BCUT2D eigenvalue weighted by atomic mass is 9.98. The van der Waals surface area contributed by atoms with Gasteiger partial charge in [0.2, 0.25) is 0 Å². The molecule has 0 spiro atoms. The number of aromatic nitrogens is 3. The number of anilines is 2. The number of aliphatic hydroxyl groups excluding tert-OH is 1. The molecule has 0 aliphatic carbocycles. The Kier molecular flexibility index (Phi) is 6.25. The topological polar surface area (TPSA) is 139 Å². The van der Waals surface area contributed by atoms with Crippen LogP contribution >= 0.6 is 11.5 Å². The third-order valence-electron chi connectivity index (χ3n) is 5.49. The quantitative estimate of drug-likeness (QED) is 0.332. The fraction of sp³-hybridized carbons (Fsp3) is 0.208. The Labute approximate surface area is 204 Å². The number of carboxylic acids is 1. The Morgan fingerprint density at radius 1 is 1.26 bits per heavy atom. The molecule has 5 rings (SSSR count). The number of nitrogens with zero attached hydrogens (tertiary/aromatic N) is 4. The van der Waals surface area contributed by atoms with Crippen LogP contribution in [-0.4, -0.2) is 62.6 Å². The molecule has 1 aliphatic heterocycles. The van der Waals surface area contributed by atoms with Gasteiger partial charge in [-0.3, -0.25) is 4.99 Å². The van der Waals surface area contributed by atoms with Gasteiger partial charge in [-0.25, -0.2) is 14.8 Å². The molecular formula is C24H21N5O5S. The zero-order valence-electron chi connectivity index (χ0n) is 18.6. The minimum absolute atomic E-state index is 0.363. The average Bonchev–Trinajstić information content (AvgIpc) is 3.27. The Hall–Kier alpha value is -4.09. The van der Waals surface area contributed by atoms with Crippen LogP contribution in [0, 0.1) is 6.92 Å². The van der Waals surface area contributed by atoms with Gasteiger partial charge in [0.25, 0.3) is 0 Å². The van der Waals surface area contributed by atoms with Crippen LogP contribution in [0.5, 0.6) is 11.5 Å². The van der Waals surface area contributed by atoms with E-state index in [1.54, 1.807) is 0 Å². The summed E-state index contributed by atoms with van der Waals surface area (Å²) in [7, 11) is 0. The molecule has 0 amide bonds. The van der Waals surface area contributed by atoms with Crippen LogP contribution in [0.2, 0.25) is 0 Å². The fourth-order valence-corrected chi connectivity index (χ4v) is 4.31. The van der Waals surface area contributed by atoms with Crippen molar-refractivity contribution in [2.75, 3.05) is 25.1 Å². The van der Waals surface area contributed by atoms with Crippen molar-refractivity contribution in [1.82, 2.24) is 14.3 Å². The molecule has 2 aromatic heterocycles. The molecule has 1 atom stereocenters. The number of carboxylic acid groups (broad SMARTS) is 1. The SMILES string of the molecule is Cc1c(Nc2nsc3ncc(C=N[C@H](CO)C(=O)O)nc23)cccc1-c1ccc2c(c1)OCCO2. The molecule has 0 fully saturated rings. The molecular weight excluding hydrogens is 470 g/mol. The van der Waals surface area contributed by atoms with Gasteiger partial charge >= 0.3 is 5.97 Å². The second-order valence-corrected chi connectivity index (χ2v) is 8.51. The van der Waals surface area contributed by atoms with Gasteiger partial charge in [-0.05, 0) is 53.3 Å². The van der Waals surface area contributed by atoms with E-state index in [-0.39, 0.29) is 0 Å². The second kappa shape index (κ2) is 9.65. The van der Waals surface area contributed by atoms with Gasteiger partial charge in [-0.15, -0.1) is 0 Å². The molecule has 3 N–H and O–H groups in total. The lowest BCUT2D eigenvalue weighted by Crippen LogP contribution is -2.22. The van der Waals surface area contributed by atoms with Gasteiger partial charge in [-0.1, -0.05) is 18.2 Å². The second-order valence-electron chi connectivity index (χ2n) is 7.76. The lowest BCUT2D eigenvalue weighted by molar-refractivity contribution is -0.139. The Morgan fingerprint density at radius 3 is 2.89 bits per heavy atom. The third-order valence-corrected chi connectivity index (χ3v) is 6.24. The van der Waals surface area contributed by atoms with Crippen LogP contribution in [0.25, 0.3) is 21.5 Å². The summed E-state index contributed by atoms with van der Waals surface area (Å²) in [6, 6.07) is 10.6. The number of aliphatic hydroxyl groups is 1. The van der Waals surface area contributed by atoms with Crippen molar-refractivity contribution >= 4 is 45.6 Å². The maximum atomic E-state index is 11.1. The molecule has 2 aromatic carbocycles. The molecule has 0 radical (unpaired) electrons. The summed E-state index contributed by atoms with van der Waals surface area (Å²) < 4.78 is 15.8. The van der Waals surface area contributed by atoms with E-state index in [4.69, 9.17) is 19.7 Å². The maximum absolute atomic E-state index is 11.1. The normalized spacial score (nSPS) is 13.8. The molecule has 3 heterocycles. The molecule has 11 heteroatoms. The van der Waals surface area contributed by atoms with Crippen molar-refractivity contribution in [2.24, 2.45) is 4.99 Å². The summed E-state index contributed by atoms with van der Waals surface area (Å²) in [5.41, 5.74) is 4.82. The highest BCUT2D eigenvalue weighted by molar-refractivity contribution is 7.13. The number of hydrogen-bond acceptors (Lipinski definition) is 10. The number of fused-ring (bicyclic) bond motifs is 2. The Morgan fingerprint density at radius 2 is 2.09 bits per heavy atom.